The predicted octanol–water partition coefficient (Wildman–Crippen LogP) is 5.03. The molecule has 0 bridgehead atoms. The number of benzene rings is 3. The van der Waals surface area contributed by atoms with Gasteiger partial charge in [0.05, 0.1) is 0 Å². The SMILES string of the molecule is Cc1c(O)cccc1-c1ccc(-c2ccccc2)cc1. The fourth-order valence-corrected chi connectivity index (χ4v) is 2.41. The lowest BCUT2D eigenvalue weighted by Crippen LogP contribution is -1.84. The summed E-state index contributed by atoms with van der Waals surface area (Å²) < 4.78 is 0. The normalized spacial score (nSPS) is 10.4. The van der Waals surface area contributed by atoms with Crippen molar-refractivity contribution in [2.24, 2.45) is 0 Å². The number of phenols is 1. The molecule has 0 unspecified atom stereocenters. The average molecular weight is 260 g/mol. The van der Waals surface area contributed by atoms with Crippen LogP contribution >= 0.6 is 0 Å². The summed E-state index contributed by atoms with van der Waals surface area (Å²) in [4.78, 5) is 0. The zero-order valence-electron chi connectivity index (χ0n) is 11.4. The van der Waals surface area contributed by atoms with Gasteiger partial charge in [0.1, 0.15) is 5.75 Å². The van der Waals surface area contributed by atoms with Gasteiger partial charge < -0.3 is 5.11 Å². The molecule has 0 heterocycles. The topological polar surface area (TPSA) is 20.2 Å². The summed E-state index contributed by atoms with van der Waals surface area (Å²) in [5.41, 5.74) is 5.53. The van der Waals surface area contributed by atoms with Crippen LogP contribution in [0.1, 0.15) is 5.56 Å². The van der Waals surface area contributed by atoms with Crippen LogP contribution in [-0.2, 0) is 0 Å². The molecule has 0 amide bonds. The first-order chi connectivity index (χ1) is 9.75. The van der Waals surface area contributed by atoms with Crippen molar-refractivity contribution in [2.45, 2.75) is 6.92 Å². The fraction of sp³-hybridized carbons (Fsp3) is 0.0526. The van der Waals surface area contributed by atoms with Gasteiger partial charge >= 0.3 is 0 Å². The molecule has 0 saturated heterocycles. The number of hydrogen-bond donors (Lipinski definition) is 1. The van der Waals surface area contributed by atoms with E-state index in [1.165, 1.54) is 11.1 Å². The van der Waals surface area contributed by atoms with E-state index in [0.29, 0.717) is 5.75 Å². The van der Waals surface area contributed by atoms with Gasteiger partial charge in [-0.1, -0.05) is 66.7 Å². The summed E-state index contributed by atoms with van der Waals surface area (Å²) in [5.74, 6) is 0.342. The van der Waals surface area contributed by atoms with Gasteiger partial charge in [0.2, 0.25) is 0 Å². The van der Waals surface area contributed by atoms with Crippen molar-refractivity contribution in [1.82, 2.24) is 0 Å². The van der Waals surface area contributed by atoms with Gasteiger partial charge in [-0.05, 0) is 40.8 Å². The first-order valence-electron chi connectivity index (χ1n) is 6.70. The third-order valence-corrected chi connectivity index (χ3v) is 3.61. The maximum absolute atomic E-state index is 9.79. The van der Waals surface area contributed by atoms with Gasteiger partial charge in [0, 0.05) is 0 Å². The minimum atomic E-state index is 0.342. The monoisotopic (exact) mass is 260 g/mol. The van der Waals surface area contributed by atoms with Crippen LogP contribution in [0.3, 0.4) is 0 Å². The van der Waals surface area contributed by atoms with E-state index in [4.69, 9.17) is 0 Å². The lowest BCUT2D eigenvalue weighted by molar-refractivity contribution is 0.471. The molecule has 0 aromatic heterocycles. The number of rotatable bonds is 2. The van der Waals surface area contributed by atoms with E-state index in [2.05, 4.69) is 36.4 Å². The van der Waals surface area contributed by atoms with Crippen molar-refractivity contribution in [3.8, 4) is 28.0 Å². The Hall–Kier alpha value is -2.54. The summed E-state index contributed by atoms with van der Waals surface area (Å²) in [6.07, 6.45) is 0. The molecule has 3 aromatic carbocycles. The molecule has 0 atom stereocenters. The largest absolute Gasteiger partial charge is 0.508 e. The highest BCUT2D eigenvalue weighted by molar-refractivity contribution is 5.73. The lowest BCUT2D eigenvalue weighted by atomic mass is 9.97. The second kappa shape index (κ2) is 5.22. The lowest BCUT2D eigenvalue weighted by Gasteiger charge is -2.09. The smallest absolute Gasteiger partial charge is 0.119 e. The Bertz CT molecular complexity index is 713. The zero-order chi connectivity index (χ0) is 13.9. The van der Waals surface area contributed by atoms with Gasteiger partial charge in [-0.3, -0.25) is 0 Å². The highest BCUT2D eigenvalue weighted by atomic mass is 16.3. The summed E-state index contributed by atoms with van der Waals surface area (Å²) in [6, 6.07) is 24.4. The van der Waals surface area contributed by atoms with Crippen LogP contribution in [0.25, 0.3) is 22.3 Å². The molecular weight excluding hydrogens is 244 g/mol. The number of hydrogen-bond acceptors (Lipinski definition) is 1. The van der Waals surface area contributed by atoms with E-state index in [9.17, 15) is 5.11 Å². The quantitative estimate of drug-likeness (QED) is 0.684. The molecule has 0 aliphatic rings. The van der Waals surface area contributed by atoms with Gasteiger partial charge in [-0.2, -0.15) is 0 Å². The maximum atomic E-state index is 9.79. The summed E-state index contributed by atoms with van der Waals surface area (Å²) in [7, 11) is 0. The van der Waals surface area contributed by atoms with Crippen molar-refractivity contribution in [3.05, 3.63) is 78.4 Å². The number of aromatic hydroxyl groups is 1. The maximum Gasteiger partial charge on any atom is 0.119 e. The van der Waals surface area contributed by atoms with Crippen molar-refractivity contribution < 1.29 is 5.11 Å². The Morgan fingerprint density at radius 3 is 1.90 bits per heavy atom. The fourth-order valence-electron chi connectivity index (χ4n) is 2.41. The van der Waals surface area contributed by atoms with Gasteiger partial charge in [-0.25, -0.2) is 0 Å². The Morgan fingerprint density at radius 2 is 1.20 bits per heavy atom. The van der Waals surface area contributed by atoms with Crippen molar-refractivity contribution >= 4 is 0 Å². The van der Waals surface area contributed by atoms with Crippen molar-refractivity contribution in [1.29, 1.82) is 0 Å². The van der Waals surface area contributed by atoms with E-state index in [1.54, 1.807) is 6.07 Å². The Kier molecular flexibility index (Phi) is 3.26. The second-order valence-corrected chi connectivity index (χ2v) is 4.89. The third-order valence-electron chi connectivity index (χ3n) is 3.61. The van der Waals surface area contributed by atoms with Crippen molar-refractivity contribution in [2.75, 3.05) is 0 Å². The van der Waals surface area contributed by atoms with Crippen LogP contribution in [0.5, 0.6) is 5.75 Å². The summed E-state index contributed by atoms with van der Waals surface area (Å²) in [6.45, 7) is 1.94. The first-order valence-corrected chi connectivity index (χ1v) is 6.70. The van der Waals surface area contributed by atoms with Gasteiger partial charge in [0.15, 0.2) is 0 Å². The molecule has 98 valence electrons. The van der Waals surface area contributed by atoms with Crippen LogP contribution in [0, 0.1) is 6.92 Å². The molecule has 3 rings (SSSR count). The number of phenolic OH excluding ortho intramolecular Hbond substituents is 1. The minimum Gasteiger partial charge on any atom is -0.508 e. The van der Waals surface area contributed by atoms with E-state index in [1.807, 2.05) is 37.3 Å². The molecular formula is C19H16O. The molecule has 0 saturated carbocycles. The van der Waals surface area contributed by atoms with Crippen LogP contribution in [0.2, 0.25) is 0 Å². The molecule has 0 spiro atoms. The third kappa shape index (κ3) is 2.30. The molecule has 3 aromatic rings. The molecule has 1 nitrogen and oxygen atoms in total. The Labute approximate surface area is 119 Å². The predicted molar refractivity (Wildman–Crippen MR) is 83.7 cm³/mol. The highest BCUT2D eigenvalue weighted by Gasteiger charge is 2.05. The molecule has 1 N–H and O–H groups in total. The zero-order valence-corrected chi connectivity index (χ0v) is 11.4. The van der Waals surface area contributed by atoms with Crippen molar-refractivity contribution in [3.63, 3.8) is 0 Å². The van der Waals surface area contributed by atoms with Crippen LogP contribution in [0.4, 0.5) is 0 Å². The molecule has 0 aliphatic carbocycles. The molecule has 0 fully saturated rings. The molecule has 20 heavy (non-hydrogen) atoms. The van der Waals surface area contributed by atoms with E-state index < -0.39 is 0 Å². The first kappa shape index (κ1) is 12.5. The van der Waals surface area contributed by atoms with Crippen LogP contribution < -0.4 is 0 Å². The highest BCUT2D eigenvalue weighted by Crippen LogP contribution is 2.30. The second-order valence-electron chi connectivity index (χ2n) is 4.89. The van der Waals surface area contributed by atoms with Crippen LogP contribution in [0.15, 0.2) is 72.8 Å². The van der Waals surface area contributed by atoms with Crippen LogP contribution in [-0.4, -0.2) is 5.11 Å². The van der Waals surface area contributed by atoms with E-state index in [-0.39, 0.29) is 0 Å². The minimum absolute atomic E-state index is 0.342. The van der Waals surface area contributed by atoms with Gasteiger partial charge in [-0.15, -0.1) is 0 Å². The Balaban J connectivity index is 2.00. The standard InChI is InChI=1S/C19H16O/c1-14-18(8-5-9-19(14)20)17-12-10-16(11-13-17)15-6-3-2-4-7-15/h2-13,20H,1H3. The summed E-state index contributed by atoms with van der Waals surface area (Å²) in [5, 5.41) is 9.79. The summed E-state index contributed by atoms with van der Waals surface area (Å²) >= 11 is 0. The van der Waals surface area contributed by atoms with E-state index in [0.717, 1.165) is 16.7 Å². The Morgan fingerprint density at radius 1 is 0.600 bits per heavy atom. The molecule has 1 heteroatoms. The average Bonchev–Trinajstić information content (AvgIpc) is 2.51. The molecule has 0 aliphatic heterocycles. The molecule has 0 radical (unpaired) electrons. The van der Waals surface area contributed by atoms with E-state index >= 15 is 0 Å². The van der Waals surface area contributed by atoms with Gasteiger partial charge in [0.25, 0.3) is 0 Å².